The summed E-state index contributed by atoms with van der Waals surface area (Å²) in [6.07, 6.45) is 0.672. The highest BCUT2D eigenvalue weighted by molar-refractivity contribution is 6.30. The highest BCUT2D eigenvalue weighted by Gasteiger charge is 2.16. The lowest BCUT2D eigenvalue weighted by atomic mass is 10.1. The number of nitrogens with one attached hydrogen (secondary N) is 1. The van der Waals surface area contributed by atoms with Gasteiger partial charge in [-0.05, 0) is 38.0 Å². The number of carbonyl (C=O) groups excluding carboxylic acids is 1. The number of aromatic nitrogens is 3. The minimum atomic E-state index is -0.440. The van der Waals surface area contributed by atoms with Gasteiger partial charge in [-0.2, -0.15) is 5.10 Å². The Morgan fingerprint density at radius 1 is 1.28 bits per heavy atom. The normalized spacial score (nSPS) is 11.0. The van der Waals surface area contributed by atoms with Crippen LogP contribution in [-0.4, -0.2) is 27.4 Å². The molecule has 0 aliphatic carbocycles. The van der Waals surface area contributed by atoms with Gasteiger partial charge < -0.3 is 9.84 Å². The SMILES string of the molecule is Cc1nn(CC(=O)NCCc2ccc(Cl)cc2)c(=O)c2noc(C)c12. The molecule has 0 atom stereocenters. The van der Waals surface area contributed by atoms with Crippen molar-refractivity contribution in [2.45, 2.75) is 26.8 Å². The van der Waals surface area contributed by atoms with Crippen molar-refractivity contribution in [3.05, 3.63) is 56.7 Å². The molecule has 1 amide bonds. The third-order valence-corrected chi connectivity index (χ3v) is 4.13. The number of hydrogen-bond donors (Lipinski definition) is 1. The van der Waals surface area contributed by atoms with E-state index in [4.69, 9.17) is 16.1 Å². The van der Waals surface area contributed by atoms with Crippen molar-refractivity contribution in [1.29, 1.82) is 0 Å². The summed E-state index contributed by atoms with van der Waals surface area (Å²) in [5, 5.41) is 12.0. The van der Waals surface area contributed by atoms with Crippen molar-refractivity contribution >= 4 is 28.4 Å². The second-order valence-electron chi connectivity index (χ2n) is 5.74. The number of aryl methyl sites for hydroxylation is 2. The first-order valence-electron chi connectivity index (χ1n) is 7.80. The molecule has 0 bridgehead atoms. The smallest absolute Gasteiger partial charge is 0.297 e. The minimum absolute atomic E-state index is 0.165. The van der Waals surface area contributed by atoms with Gasteiger partial charge in [0.1, 0.15) is 12.3 Å². The van der Waals surface area contributed by atoms with Crippen molar-refractivity contribution in [2.75, 3.05) is 6.54 Å². The number of hydrogen-bond acceptors (Lipinski definition) is 5. The Kier molecular flexibility index (Phi) is 4.85. The molecule has 0 saturated carbocycles. The molecule has 0 aliphatic heterocycles. The predicted molar refractivity (Wildman–Crippen MR) is 93.7 cm³/mol. The van der Waals surface area contributed by atoms with Crippen molar-refractivity contribution < 1.29 is 9.32 Å². The molecule has 130 valence electrons. The average molecular weight is 361 g/mol. The van der Waals surface area contributed by atoms with Gasteiger partial charge in [0.2, 0.25) is 5.91 Å². The van der Waals surface area contributed by atoms with Gasteiger partial charge in [-0.3, -0.25) is 9.59 Å². The molecule has 2 heterocycles. The second kappa shape index (κ2) is 7.06. The molecule has 0 saturated heterocycles. The first kappa shape index (κ1) is 17.2. The van der Waals surface area contributed by atoms with Crippen LogP contribution < -0.4 is 10.9 Å². The summed E-state index contributed by atoms with van der Waals surface area (Å²) in [5.41, 5.74) is 1.42. The van der Waals surface area contributed by atoms with Gasteiger partial charge in [-0.25, -0.2) is 4.68 Å². The fourth-order valence-electron chi connectivity index (χ4n) is 2.64. The van der Waals surface area contributed by atoms with E-state index in [0.29, 0.717) is 34.8 Å². The Hall–Kier alpha value is -2.67. The lowest BCUT2D eigenvalue weighted by Gasteiger charge is -2.08. The van der Waals surface area contributed by atoms with Crippen LogP contribution in [0.1, 0.15) is 17.0 Å². The van der Waals surface area contributed by atoms with Crippen LogP contribution >= 0.6 is 11.6 Å². The number of nitrogens with zero attached hydrogens (tertiary/aromatic N) is 3. The quantitative estimate of drug-likeness (QED) is 0.751. The van der Waals surface area contributed by atoms with Gasteiger partial charge in [0.05, 0.1) is 11.1 Å². The van der Waals surface area contributed by atoms with Gasteiger partial charge in [-0.1, -0.05) is 28.9 Å². The van der Waals surface area contributed by atoms with Gasteiger partial charge in [-0.15, -0.1) is 0 Å². The van der Waals surface area contributed by atoms with Crippen molar-refractivity contribution in [1.82, 2.24) is 20.3 Å². The molecule has 0 aliphatic rings. The number of benzene rings is 1. The van der Waals surface area contributed by atoms with E-state index in [2.05, 4.69) is 15.6 Å². The number of rotatable bonds is 5. The van der Waals surface area contributed by atoms with Gasteiger partial charge in [0, 0.05) is 11.6 Å². The number of halogens is 1. The van der Waals surface area contributed by atoms with Crippen LogP contribution in [0.3, 0.4) is 0 Å². The molecule has 1 N–H and O–H groups in total. The van der Waals surface area contributed by atoms with Crippen LogP contribution in [0.15, 0.2) is 33.6 Å². The summed E-state index contributed by atoms with van der Waals surface area (Å²) in [5.74, 6) is 0.249. The van der Waals surface area contributed by atoms with Crippen molar-refractivity contribution in [2.24, 2.45) is 0 Å². The molecule has 0 spiro atoms. The third-order valence-electron chi connectivity index (χ3n) is 3.87. The summed E-state index contributed by atoms with van der Waals surface area (Å²) in [4.78, 5) is 24.4. The predicted octanol–water partition coefficient (Wildman–Crippen LogP) is 2.01. The lowest BCUT2D eigenvalue weighted by Crippen LogP contribution is -2.35. The number of fused-ring (bicyclic) bond motifs is 1. The molecule has 1 aromatic carbocycles. The van der Waals surface area contributed by atoms with E-state index in [1.807, 2.05) is 12.1 Å². The first-order chi connectivity index (χ1) is 12.0. The molecule has 0 fully saturated rings. The van der Waals surface area contributed by atoms with E-state index in [1.54, 1.807) is 26.0 Å². The van der Waals surface area contributed by atoms with Gasteiger partial charge >= 0.3 is 0 Å². The molecule has 2 aromatic heterocycles. The van der Waals surface area contributed by atoms with E-state index >= 15 is 0 Å². The summed E-state index contributed by atoms with van der Waals surface area (Å²) in [7, 11) is 0. The van der Waals surface area contributed by atoms with Crippen LogP contribution in [0.5, 0.6) is 0 Å². The maximum Gasteiger partial charge on any atom is 0.297 e. The Balaban J connectivity index is 1.65. The minimum Gasteiger partial charge on any atom is -0.360 e. The third kappa shape index (κ3) is 3.71. The van der Waals surface area contributed by atoms with E-state index in [-0.39, 0.29) is 18.0 Å². The average Bonchev–Trinajstić information content (AvgIpc) is 2.97. The Morgan fingerprint density at radius 2 is 2.00 bits per heavy atom. The maximum atomic E-state index is 12.3. The Morgan fingerprint density at radius 3 is 2.72 bits per heavy atom. The van der Waals surface area contributed by atoms with Crippen LogP contribution in [0, 0.1) is 13.8 Å². The lowest BCUT2D eigenvalue weighted by molar-refractivity contribution is -0.121. The van der Waals surface area contributed by atoms with E-state index in [1.165, 1.54) is 0 Å². The first-order valence-corrected chi connectivity index (χ1v) is 8.18. The monoisotopic (exact) mass is 360 g/mol. The molecular formula is C17H17ClN4O3. The molecular weight excluding hydrogens is 344 g/mol. The second-order valence-corrected chi connectivity index (χ2v) is 6.17. The highest BCUT2D eigenvalue weighted by Crippen LogP contribution is 2.16. The fraction of sp³-hybridized carbons (Fsp3) is 0.294. The highest BCUT2D eigenvalue weighted by atomic mass is 35.5. The summed E-state index contributed by atoms with van der Waals surface area (Å²) in [6, 6.07) is 7.43. The Labute approximate surface area is 148 Å². The van der Waals surface area contributed by atoms with E-state index in [9.17, 15) is 9.59 Å². The maximum absolute atomic E-state index is 12.3. The standard InChI is InChI=1S/C17H17ClN4O3/c1-10-15-11(2)25-21-16(15)17(24)22(20-10)9-14(23)19-8-7-12-3-5-13(18)6-4-12/h3-6H,7-9H2,1-2H3,(H,19,23). The zero-order valence-corrected chi connectivity index (χ0v) is 14.6. The largest absolute Gasteiger partial charge is 0.360 e. The van der Waals surface area contributed by atoms with E-state index < -0.39 is 5.56 Å². The molecule has 3 rings (SSSR count). The summed E-state index contributed by atoms with van der Waals surface area (Å²) >= 11 is 5.84. The molecule has 7 nitrogen and oxygen atoms in total. The summed E-state index contributed by atoms with van der Waals surface area (Å²) in [6.45, 7) is 3.76. The van der Waals surface area contributed by atoms with Crippen LogP contribution in [-0.2, 0) is 17.8 Å². The van der Waals surface area contributed by atoms with Crippen LogP contribution in [0.2, 0.25) is 5.02 Å². The topological polar surface area (TPSA) is 90.0 Å². The Bertz CT molecular complexity index is 976. The zero-order valence-electron chi connectivity index (χ0n) is 13.9. The van der Waals surface area contributed by atoms with Gasteiger partial charge in [0.15, 0.2) is 5.52 Å². The number of amides is 1. The summed E-state index contributed by atoms with van der Waals surface area (Å²) < 4.78 is 6.15. The molecule has 8 heteroatoms. The van der Waals surface area contributed by atoms with Gasteiger partial charge in [0.25, 0.3) is 5.56 Å². The van der Waals surface area contributed by atoms with Crippen LogP contribution in [0.25, 0.3) is 10.9 Å². The molecule has 0 radical (unpaired) electrons. The van der Waals surface area contributed by atoms with Crippen molar-refractivity contribution in [3.63, 3.8) is 0 Å². The molecule has 25 heavy (non-hydrogen) atoms. The van der Waals surface area contributed by atoms with Crippen molar-refractivity contribution in [3.8, 4) is 0 Å². The fourth-order valence-corrected chi connectivity index (χ4v) is 2.77. The van der Waals surface area contributed by atoms with E-state index in [0.717, 1.165) is 10.2 Å². The molecule has 3 aromatic rings. The zero-order chi connectivity index (χ0) is 18.0. The number of carbonyl (C=O) groups is 1. The van der Waals surface area contributed by atoms with Crippen LogP contribution in [0.4, 0.5) is 0 Å². The molecule has 0 unspecified atom stereocenters.